The maximum Gasteiger partial charge on any atom is 0.238 e. The molecule has 0 unspecified atom stereocenters. The van der Waals surface area contributed by atoms with Crippen LogP contribution in [0.1, 0.15) is 11.1 Å². The molecule has 0 spiro atoms. The largest absolute Gasteiger partial charge is 0.396 e. The van der Waals surface area contributed by atoms with E-state index < -0.39 is 15.8 Å². The van der Waals surface area contributed by atoms with Crippen LogP contribution in [-0.2, 0) is 10.0 Å². The van der Waals surface area contributed by atoms with Gasteiger partial charge in [0.15, 0.2) is 0 Å². The van der Waals surface area contributed by atoms with Crippen molar-refractivity contribution in [2.75, 3.05) is 5.73 Å². The second kappa shape index (κ2) is 3.21. The first-order chi connectivity index (χ1) is 6.25. The second-order valence-corrected chi connectivity index (χ2v) is 4.59. The van der Waals surface area contributed by atoms with Crippen molar-refractivity contribution >= 4 is 15.7 Å². The summed E-state index contributed by atoms with van der Waals surface area (Å²) >= 11 is 0. The maximum atomic E-state index is 13.0. The van der Waals surface area contributed by atoms with E-state index in [4.69, 9.17) is 10.9 Å². The van der Waals surface area contributed by atoms with Crippen LogP contribution in [0.3, 0.4) is 0 Å². The Bertz CT molecular complexity index is 483. The molecule has 1 rings (SSSR count). The lowest BCUT2D eigenvalue weighted by atomic mass is 10.1. The molecule has 0 aliphatic rings. The highest BCUT2D eigenvalue weighted by Gasteiger charge is 2.18. The SMILES string of the molecule is Cc1cc(F)c(N)c(C)c1S(N)(=O)=O. The predicted molar refractivity (Wildman–Crippen MR) is 51.7 cm³/mol. The van der Waals surface area contributed by atoms with Gasteiger partial charge in [0, 0.05) is 0 Å². The van der Waals surface area contributed by atoms with E-state index in [1.165, 1.54) is 13.8 Å². The third-order valence-corrected chi connectivity index (χ3v) is 3.19. The third kappa shape index (κ3) is 1.71. The number of halogens is 1. The van der Waals surface area contributed by atoms with E-state index in [1.807, 2.05) is 0 Å². The molecule has 4 nitrogen and oxygen atoms in total. The number of hydrogen-bond donors (Lipinski definition) is 2. The van der Waals surface area contributed by atoms with E-state index in [1.54, 1.807) is 0 Å². The molecule has 0 fully saturated rings. The number of benzene rings is 1. The molecule has 0 radical (unpaired) electrons. The van der Waals surface area contributed by atoms with E-state index in [0.29, 0.717) is 0 Å². The lowest BCUT2D eigenvalue weighted by Crippen LogP contribution is -2.16. The van der Waals surface area contributed by atoms with Crippen molar-refractivity contribution in [2.24, 2.45) is 5.14 Å². The Morgan fingerprint density at radius 3 is 2.29 bits per heavy atom. The zero-order valence-electron chi connectivity index (χ0n) is 7.83. The van der Waals surface area contributed by atoms with Gasteiger partial charge < -0.3 is 5.73 Å². The van der Waals surface area contributed by atoms with Gasteiger partial charge in [0.05, 0.1) is 10.6 Å². The molecular weight excluding hydrogens is 207 g/mol. The lowest BCUT2D eigenvalue weighted by molar-refractivity contribution is 0.595. The molecule has 1 aromatic rings. The summed E-state index contributed by atoms with van der Waals surface area (Å²) in [6.07, 6.45) is 0. The highest BCUT2D eigenvalue weighted by Crippen LogP contribution is 2.26. The number of nitrogen functional groups attached to an aromatic ring is 1. The molecule has 4 N–H and O–H groups in total. The number of nitrogens with two attached hydrogens (primary N) is 2. The van der Waals surface area contributed by atoms with Crippen LogP contribution in [0, 0.1) is 19.7 Å². The number of primary sulfonamides is 1. The fraction of sp³-hybridized carbons (Fsp3) is 0.250. The van der Waals surface area contributed by atoms with Gasteiger partial charge in [-0.05, 0) is 31.0 Å². The molecule has 0 aliphatic heterocycles. The van der Waals surface area contributed by atoms with Crippen LogP contribution in [0.4, 0.5) is 10.1 Å². The van der Waals surface area contributed by atoms with Crippen molar-refractivity contribution in [3.8, 4) is 0 Å². The standard InChI is InChI=1S/C8H11FN2O2S/c1-4-3-6(9)7(10)5(2)8(4)14(11,12)13/h3H,10H2,1-2H3,(H2,11,12,13). The number of hydrogen-bond acceptors (Lipinski definition) is 3. The monoisotopic (exact) mass is 218 g/mol. The van der Waals surface area contributed by atoms with Crippen molar-refractivity contribution < 1.29 is 12.8 Å². The number of rotatable bonds is 1. The van der Waals surface area contributed by atoms with Crippen molar-refractivity contribution in [1.29, 1.82) is 0 Å². The molecule has 78 valence electrons. The number of aryl methyl sites for hydroxylation is 1. The van der Waals surface area contributed by atoms with E-state index in [9.17, 15) is 12.8 Å². The van der Waals surface area contributed by atoms with E-state index >= 15 is 0 Å². The van der Waals surface area contributed by atoms with Gasteiger partial charge in [0.1, 0.15) is 5.82 Å². The minimum absolute atomic E-state index is 0.101. The topological polar surface area (TPSA) is 86.2 Å². The Balaban J connectivity index is 3.70. The first-order valence-electron chi connectivity index (χ1n) is 3.83. The van der Waals surface area contributed by atoms with Gasteiger partial charge in [0.2, 0.25) is 10.0 Å². The summed E-state index contributed by atoms with van der Waals surface area (Å²) < 4.78 is 35.3. The molecule has 1 aromatic carbocycles. The van der Waals surface area contributed by atoms with Crippen LogP contribution in [0.2, 0.25) is 0 Å². The summed E-state index contributed by atoms with van der Waals surface area (Å²) in [7, 11) is -3.85. The Kier molecular flexibility index (Phi) is 2.51. The maximum absolute atomic E-state index is 13.0. The smallest absolute Gasteiger partial charge is 0.238 e. The summed E-state index contributed by atoms with van der Waals surface area (Å²) in [5.74, 6) is -0.632. The molecule has 0 heterocycles. The molecule has 6 heteroatoms. The van der Waals surface area contributed by atoms with Crippen molar-refractivity contribution in [1.82, 2.24) is 0 Å². The van der Waals surface area contributed by atoms with Gasteiger partial charge in [0.25, 0.3) is 0 Å². The number of anilines is 1. The Morgan fingerprint density at radius 1 is 1.36 bits per heavy atom. The van der Waals surface area contributed by atoms with Crippen LogP contribution in [0.5, 0.6) is 0 Å². The van der Waals surface area contributed by atoms with Crippen LogP contribution >= 0.6 is 0 Å². The van der Waals surface area contributed by atoms with Gasteiger partial charge in [-0.25, -0.2) is 17.9 Å². The molecular formula is C8H11FN2O2S. The predicted octanol–water partition coefficient (Wildman–Crippen LogP) is 0.672. The van der Waals surface area contributed by atoms with E-state index in [0.717, 1.165) is 6.07 Å². The lowest BCUT2D eigenvalue weighted by Gasteiger charge is -2.10. The average molecular weight is 218 g/mol. The Hall–Kier alpha value is -1.14. The summed E-state index contributed by atoms with van der Waals surface area (Å²) in [6, 6.07) is 1.06. The van der Waals surface area contributed by atoms with Gasteiger partial charge in [-0.2, -0.15) is 0 Å². The summed E-state index contributed by atoms with van der Waals surface area (Å²) in [5, 5.41) is 4.97. The molecule has 14 heavy (non-hydrogen) atoms. The summed E-state index contributed by atoms with van der Waals surface area (Å²) in [6.45, 7) is 2.89. The van der Waals surface area contributed by atoms with E-state index in [-0.39, 0.29) is 21.7 Å². The molecule has 0 saturated carbocycles. The first kappa shape index (κ1) is 10.9. The van der Waals surface area contributed by atoms with Crippen molar-refractivity contribution in [3.05, 3.63) is 23.0 Å². The fourth-order valence-corrected chi connectivity index (χ4v) is 2.41. The quantitative estimate of drug-likeness (QED) is 0.679. The third-order valence-electron chi connectivity index (χ3n) is 1.99. The summed E-state index contributed by atoms with van der Waals surface area (Å²) in [5.41, 5.74) is 5.59. The van der Waals surface area contributed by atoms with E-state index in [2.05, 4.69) is 0 Å². The normalized spacial score (nSPS) is 11.7. The van der Waals surface area contributed by atoms with Crippen LogP contribution in [-0.4, -0.2) is 8.42 Å². The van der Waals surface area contributed by atoms with Crippen LogP contribution in [0.15, 0.2) is 11.0 Å². The Labute approximate surface area is 81.8 Å². The molecule has 0 bridgehead atoms. The zero-order valence-corrected chi connectivity index (χ0v) is 8.65. The molecule has 0 aliphatic carbocycles. The minimum atomic E-state index is -3.85. The molecule has 0 atom stereocenters. The molecule has 0 aromatic heterocycles. The van der Waals surface area contributed by atoms with Gasteiger partial charge in [-0.15, -0.1) is 0 Å². The fourth-order valence-electron chi connectivity index (χ4n) is 1.37. The van der Waals surface area contributed by atoms with Crippen LogP contribution in [0.25, 0.3) is 0 Å². The summed E-state index contributed by atoms with van der Waals surface area (Å²) in [4.78, 5) is -0.101. The first-order valence-corrected chi connectivity index (χ1v) is 5.37. The second-order valence-electron chi connectivity index (χ2n) is 3.09. The van der Waals surface area contributed by atoms with Gasteiger partial charge in [-0.3, -0.25) is 0 Å². The zero-order chi connectivity index (χ0) is 11.1. The highest BCUT2D eigenvalue weighted by molar-refractivity contribution is 7.89. The van der Waals surface area contributed by atoms with Crippen LogP contribution < -0.4 is 10.9 Å². The van der Waals surface area contributed by atoms with Crippen molar-refractivity contribution in [2.45, 2.75) is 18.7 Å². The average Bonchev–Trinajstić information content (AvgIpc) is 1.97. The van der Waals surface area contributed by atoms with Crippen molar-refractivity contribution in [3.63, 3.8) is 0 Å². The molecule has 0 amide bonds. The highest BCUT2D eigenvalue weighted by atomic mass is 32.2. The van der Waals surface area contributed by atoms with Gasteiger partial charge in [-0.1, -0.05) is 0 Å². The van der Waals surface area contributed by atoms with Gasteiger partial charge >= 0.3 is 0 Å². The Morgan fingerprint density at radius 2 is 1.86 bits per heavy atom. The number of sulfonamides is 1. The molecule has 0 saturated heterocycles. The minimum Gasteiger partial charge on any atom is -0.396 e.